The summed E-state index contributed by atoms with van der Waals surface area (Å²) in [5, 5.41) is 16.9. The number of hydrogen-bond donors (Lipinski definition) is 1. The first-order valence-corrected chi connectivity index (χ1v) is 7.34. The molecule has 0 aliphatic rings. The molecular weight excluding hydrogens is 326 g/mol. The molecule has 1 amide bonds. The second-order valence-electron chi connectivity index (χ2n) is 5.12. The lowest BCUT2D eigenvalue weighted by molar-refractivity contribution is -0.384. The lowest BCUT2D eigenvalue weighted by Crippen LogP contribution is -2.13. The Bertz CT molecular complexity index is 787. The Kier molecular flexibility index (Phi) is 6.05. The van der Waals surface area contributed by atoms with Gasteiger partial charge in [-0.2, -0.15) is 0 Å². The van der Waals surface area contributed by atoms with Gasteiger partial charge in [-0.15, -0.1) is 0 Å². The summed E-state index contributed by atoms with van der Waals surface area (Å²) in [6, 6.07) is 11.6. The minimum Gasteiger partial charge on any atom is -0.494 e. The number of methoxy groups -OCH3 is 1. The van der Waals surface area contributed by atoms with Crippen LogP contribution in [0.4, 0.5) is 11.4 Å². The van der Waals surface area contributed by atoms with Crippen molar-refractivity contribution in [1.29, 1.82) is 0 Å². The highest BCUT2D eigenvalue weighted by molar-refractivity contribution is 6.31. The number of oxime groups is 1. The summed E-state index contributed by atoms with van der Waals surface area (Å²) in [4.78, 5) is 27.1. The second-order valence-corrected chi connectivity index (χ2v) is 5.12. The third-order valence-electron chi connectivity index (χ3n) is 3.25. The topological polar surface area (TPSA) is 103 Å². The van der Waals surface area contributed by atoms with Crippen LogP contribution in [-0.2, 0) is 16.2 Å². The molecule has 0 saturated carbocycles. The standard InChI is InChI=1S/C17H17N3O5/c1-12-3-5-13(6-4-12)11-25-18-10-17(21)19-15-8-7-14(20(22)23)9-16(15)24-2/h3-10H,11H2,1-2H3,(H,19,21)/b18-10-. The predicted octanol–water partition coefficient (Wildman–Crippen LogP) is 3.05. The number of carbonyl (C=O) groups is 1. The molecule has 0 aromatic heterocycles. The number of rotatable bonds is 7. The minimum absolute atomic E-state index is 0.134. The van der Waals surface area contributed by atoms with Crippen molar-refractivity contribution in [2.24, 2.45) is 5.16 Å². The highest BCUT2D eigenvalue weighted by atomic mass is 16.6. The number of amides is 1. The van der Waals surface area contributed by atoms with Crippen molar-refractivity contribution >= 4 is 23.5 Å². The fourth-order valence-corrected chi connectivity index (χ4v) is 1.94. The van der Waals surface area contributed by atoms with Gasteiger partial charge in [0, 0.05) is 6.07 Å². The molecule has 8 heteroatoms. The largest absolute Gasteiger partial charge is 0.494 e. The van der Waals surface area contributed by atoms with Gasteiger partial charge in [0.2, 0.25) is 0 Å². The van der Waals surface area contributed by atoms with E-state index < -0.39 is 10.8 Å². The maximum Gasteiger partial charge on any atom is 0.273 e. The van der Waals surface area contributed by atoms with Crippen molar-refractivity contribution in [3.8, 4) is 5.75 Å². The number of nitrogens with one attached hydrogen (secondary N) is 1. The van der Waals surface area contributed by atoms with E-state index in [1.54, 1.807) is 0 Å². The molecule has 130 valence electrons. The van der Waals surface area contributed by atoms with Gasteiger partial charge < -0.3 is 14.9 Å². The van der Waals surface area contributed by atoms with Crippen molar-refractivity contribution in [2.75, 3.05) is 12.4 Å². The molecule has 25 heavy (non-hydrogen) atoms. The first-order valence-electron chi connectivity index (χ1n) is 7.34. The fraction of sp³-hybridized carbons (Fsp3) is 0.176. The maximum atomic E-state index is 11.8. The Labute approximate surface area is 144 Å². The van der Waals surface area contributed by atoms with E-state index in [4.69, 9.17) is 9.57 Å². The van der Waals surface area contributed by atoms with E-state index in [2.05, 4.69) is 10.5 Å². The van der Waals surface area contributed by atoms with E-state index >= 15 is 0 Å². The van der Waals surface area contributed by atoms with Crippen LogP contribution in [0.2, 0.25) is 0 Å². The van der Waals surface area contributed by atoms with Crippen LogP contribution in [0.25, 0.3) is 0 Å². The molecule has 0 heterocycles. The van der Waals surface area contributed by atoms with Gasteiger partial charge in [-0.1, -0.05) is 35.0 Å². The number of ether oxygens (including phenoxy) is 1. The second kappa shape index (κ2) is 8.44. The van der Waals surface area contributed by atoms with Gasteiger partial charge in [0.05, 0.1) is 23.8 Å². The van der Waals surface area contributed by atoms with Gasteiger partial charge in [-0.25, -0.2) is 0 Å². The summed E-state index contributed by atoms with van der Waals surface area (Å²) in [5.74, 6) is -0.368. The zero-order valence-electron chi connectivity index (χ0n) is 13.8. The Morgan fingerprint density at radius 1 is 1.28 bits per heavy atom. The van der Waals surface area contributed by atoms with Crippen molar-refractivity contribution in [1.82, 2.24) is 0 Å². The van der Waals surface area contributed by atoms with Gasteiger partial charge in [-0.05, 0) is 18.6 Å². The monoisotopic (exact) mass is 343 g/mol. The molecule has 2 aromatic carbocycles. The summed E-state index contributed by atoms with van der Waals surface area (Å²) in [6.07, 6.45) is 0.981. The summed E-state index contributed by atoms with van der Waals surface area (Å²) < 4.78 is 5.04. The maximum absolute atomic E-state index is 11.8. The summed E-state index contributed by atoms with van der Waals surface area (Å²) in [6.45, 7) is 2.23. The van der Waals surface area contributed by atoms with Crippen molar-refractivity contribution in [3.05, 3.63) is 63.7 Å². The number of hydrogen-bond acceptors (Lipinski definition) is 6. The number of benzene rings is 2. The van der Waals surface area contributed by atoms with Crippen LogP contribution in [0.5, 0.6) is 5.75 Å². The van der Waals surface area contributed by atoms with Crippen LogP contribution in [0.15, 0.2) is 47.6 Å². The first kappa shape index (κ1) is 17.9. The highest BCUT2D eigenvalue weighted by Gasteiger charge is 2.12. The number of nitro benzene ring substituents is 1. The van der Waals surface area contributed by atoms with Crippen LogP contribution < -0.4 is 10.1 Å². The molecule has 0 radical (unpaired) electrons. The lowest BCUT2D eigenvalue weighted by atomic mass is 10.2. The van der Waals surface area contributed by atoms with Crippen LogP contribution >= 0.6 is 0 Å². The summed E-state index contributed by atoms with van der Waals surface area (Å²) in [7, 11) is 1.35. The predicted molar refractivity (Wildman–Crippen MR) is 92.7 cm³/mol. The van der Waals surface area contributed by atoms with E-state index in [1.165, 1.54) is 25.3 Å². The molecule has 0 unspecified atom stereocenters. The minimum atomic E-state index is -0.547. The molecule has 0 aliphatic heterocycles. The molecule has 0 saturated heterocycles. The number of nitro groups is 1. The van der Waals surface area contributed by atoms with Gasteiger partial charge in [0.1, 0.15) is 18.6 Å². The number of nitrogens with zero attached hydrogens (tertiary/aromatic N) is 2. The number of aryl methyl sites for hydroxylation is 1. The smallest absolute Gasteiger partial charge is 0.273 e. The SMILES string of the molecule is COc1cc([N+](=O)[O-])ccc1NC(=O)/C=N\OCc1ccc(C)cc1. The van der Waals surface area contributed by atoms with E-state index in [0.717, 1.165) is 17.3 Å². The van der Waals surface area contributed by atoms with Crippen LogP contribution in [0, 0.1) is 17.0 Å². The molecule has 0 aliphatic carbocycles. The first-order chi connectivity index (χ1) is 12.0. The fourth-order valence-electron chi connectivity index (χ4n) is 1.94. The quantitative estimate of drug-likeness (QED) is 0.473. The van der Waals surface area contributed by atoms with Crippen molar-refractivity contribution in [3.63, 3.8) is 0 Å². The Balaban J connectivity index is 1.91. The Morgan fingerprint density at radius 3 is 2.64 bits per heavy atom. The molecule has 0 fully saturated rings. The molecular formula is C17H17N3O5. The molecule has 1 N–H and O–H groups in total. The third kappa shape index (κ3) is 5.31. The van der Waals surface area contributed by atoms with E-state index in [1.807, 2.05) is 31.2 Å². The zero-order chi connectivity index (χ0) is 18.2. The van der Waals surface area contributed by atoms with Crippen molar-refractivity contribution in [2.45, 2.75) is 13.5 Å². The zero-order valence-corrected chi connectivity index (χ0v) is 13.8. The summed E-state index contributed by atoms with van der Waals surface area (Å²) >= 11 is 0. The van der Waals surface area contributed by atoms with Gasteiger partial charge in [-0.3, -0.25) is 14.9 Å². The number of carbonyl (C=O) groups excluding carboxylic acids is 1. The van der Waals surface area contributed by atoms with E-state index in [0.29, 0.717) is 5.69 Å². The molecule has 2 rings (SSSR count). The van der Waals surface area contributed by atoms with Crippen LogP contribution in [0.3, 0.4) is 0 Å². The number of anilines is 1. The van der Waals surface area contributed by atoms with E-state index in [9.17, 15) is 14.9 Å². The molecule has 0 atom stereocenters. The Hall–Kier alpha value is -3.42. The highest BCUT2D eigenvalue weighted by Crippen LogP contribution is 2.28. The van der Waals surface area contributed by atoms with Gasteiger partial charge >= 0.3 is 0 Å². The van der Waals surface area contributed by atoms with Gasteiger partial charge in [0.25, 0.3) is 11.6 Å². The normalized spacial score (nSPS) is 10.5. The lowest BCUT2D eigenvalue weighted by Gasteiger charge is -2.08. The molecule has 0 bridgehead atoms. The summed E-state index contributed by atoms with van der Waals surface area (Å²) in [5.41, 5.74) is 2.23. The average Bonchev–Trinajstić information content (AvgIpc) is 2.60. The van der Waals surface area contributed by atoms with Gasteiger partial charge in [0.15, 0.2) is 0 Å². The average molecular weight is 343 g/mol. The Morgan fingerprint density at radius 2 is 2.00 bits per heavy atom. The number of non-ortho nitro benzene ring substituents is 1. The molecule has 0 spiro atoms. The van der Waals surface area contributed by atoms with E-state index in [-0.39, 0.29) is 18.0 Å². The third-order valence-corrected chi connectivity index (χ3v) is 3.25. The van der Waals surface area contributed by atoms with Crippen LogP contribution in [0.1, 0.15) is 11.1 Å². The molecule has 8 nitrogen and oxygen atoms in total. The molecule has 2 aromatic rings. The van der Waals surface area contributed by atoms with Crippen LogP contribution in [-0.4, -0.2) is 24.2 Å². The van der Waals surface area contributed by atoms with Crippen molar-refractivity contribution < 1.29 is 19.3 Å².